The van der Waals surface area contributed by atoms with Gasteiger partial charge < -0.3 is 5.73 Å². The molecule has 0 saturated carbocycles. The van der Waals surface area contributed by atoms with Crippen molar-refractivity contribution in [3.8, 4) is 0 Å². The van der Waals surface area contributed by atoms with E-state index in [-0.39, 0.29) is 16.3 Å². The predicted octanol–water partition coefficient (Wildman–Crippen LogP) is -0.712. The Hall–Kier alpha value is -1.32. The number of primary sulfonamides is 1. The van der Waals surface area contributed by atoms with Crippen molar-refractivity contribution >= 4 is 31.4 Å². The average molecular weight is 265 g/mol. The van der Waals surface area contributed by atoms with E-state index in [0.717, 1.165) is 18.4 Å². The number of rotatable bonds is 3. The third-order valence-corrected chi connectivity index (χ3v) is 3.06. The van der Waals surface area contributed by atoms with E-state index in [1.807, 2.05) is 0 Å². The zero-order valence-electron chi connectivity index (χ0n) is 8.34. The third-order valence-electron chi connectivity index (χ3n) is 1.56. The van der Waals surface area contributed by atoms with Crippen LogP contribution < -0.4 is 15.6 Å². The summed E-state index contributed by atoms with van der Waals surface area (Å²) in [6.07, 6.45) is 0.937. The average Bonchev–Trinajstić information content (AvgIpc) is 1.97. The number of nitrogens with two attached hydrogens (primary N) is 2. The van der Waals surface area contributed by atoms with E-state index in [1.165, 1.54) is 6.07 Å². The van der Waals surface area contributed by atoms with Gasteiger partial charge in [-0.25, -0.2) is 22.0 Å². The molecule has 0 aliphatic heterocycles. The van der Waals surface area contributed by atoms with Crippen molar-refractivity contribution in [2.45, 2.75) is 4.90 Å². The molecule has 0 heterocycles. The lowest BCUT2D eigenvalue weighted by Gasteiger charge is -2.07. The Bertz CT molecular complexity index is 607. The monoisotopic (exact) mass is 265 g/mol. The maximum absolute atomic E-state index is 11.0. The molecular weight excluding hydrogens is 254 g/mol. The molecule has 0 aliphatic carbocycles. The van der Waals surface area contributed by atoms with Crippen molar-refractivity contribution in [2.75, 3.05) is 16.7 Å². The Labute approximate surface area is 93.5 Å². The van der Waals surface area contributed by atoms with Gasteiger partial charge in [0.15, 0.2) is 0 Å². The number of sulfonamides is 2. The molecule has 0 aromatic heterocycles. The minimum atomic E-state index is -3.92. The Morgan fingerprint density at radius 1 is 1.12 bits per heavy atom. The summed E-state index contributed by atoms with van der Waals surface area (Å²) in [5.41, 5.74) is 5.56. The normalized spacial score (nSPS) is 12.4. The first-order valence-electron chi connectivity index (χ1n) is 3.99. The van der Waals surface area contributed by atoms with Gasteiger partial charge in [0.2, 0.25) is 20.0 Å². The van der Waals surface area contributed by atoms with Gasteiger partial charge in [0.05, 0.1) is 16.8 Å². The Kier molecular flexibility index (Phi) is 3.13. The van der Waals surface area contributed by atoms with Crippen LogP contribution in [0.3, 0.4) is 0 Å². The van der Waals surface area contributed by atoms with Crippen molar-refractivity contribution in [3.05, 3.63) is 18.2 Å². The molecule has 9 heteroatoms. The molecule has 90 valence electrons. The summed E-state index contributed by atoms with van der Waals surface area (Å²) < 4.78 is 46.1. The maximum atomic E-state index is 11.0. The molecular formula is C7H11N3O4S2. The molecule has 0 radical (unpaired) electrons. The standard InChI is InChI=1S/C7H11N3O4S2/c1-15(11,12)10-6-2-5(8)3-7(4-6)16(9,13)14/h2-4,10H,8H2,1H3,(H2,9,13,14). The minimum absolute atomic E-state index is 0.0477. The summed E-state index contributed by atoms with van der Waals surface area (Å²) in [6, 6.07) is 3.52. The van der Waals surface area contributed by atoms with Crippen LogP contribution in [0.15, 0.2) is 23.1 Å². The van der Waals surface area contributed by atoms with Gasteiger partial charge in [0.1, 0.15) is 0 Å². The molecule has 1 aromatic rings. The molecule has 5 N–H and O–H groups in total. The van der Waals surface area contributed by atoms with E-state index in [4.69, 9.17) is 10.9 Å². The summed E-state index contributed by atoms with van der Waals surface area (Å²) >= 11 is 0. The van der Waals surface area contributed by atoms with Crippen LogP contribution in [0.25, 0.3) is 0 Å². The lowest BCUT2D eigenvalue weighted by Crippen LogP contribution is -2.14. The maximum Gasteiger partial charge on any atom is 0.238 e. The number of benzene rings is 1. The number of hydrogen-bond acceptors (Lipinski definition) is 5. The molecule has 0 fully saturated rings. The largest absolute Gasteiger partial charge is 0.399 e. The van der Waals surface area contributed by atoms with Crippen LogP contribution in [0, 0.1) is 0 Å². The summed E-state index contributed by atoms with van der Waals surface area (Å²) in [5, 5.41) is 4.90. The van der Waals surface area contributed by atoms with Gasteiger partial charge in [-0.2, -0.15) is 0 Å². The molecule has 0 bridgehead atoms. The van der Waals surface area contributed by atoms with Crippen molar-refractivity contribution in [2.24, 2.45) is 5.14 Å². The first-order chi connectivity index (χ1) is 7.08. The van der Waals surface area contributed by atoms with Gasteiger partial charge in [0.25, 0.3) is 0 Å². The predicted molar refractivity (Wildman–Crippen MR) is 60.7 cm³/mol. The molecule has 1 aromatic carbocycles. The van der Waals surface area contributed by atoms with Crippen LogP contribution in [0.1, 0.15) is 0 Å². The first-order valence-corrected chi connectivity index (χ1v) is 7.43. The van der Waals surface area contributed by atoms with Crippen LogP contribution >= 0.6 is 0 Å². The summed E-state index contributed by atoms with van der Waals surface area (Å²) in [5.74, 6) is 0. The van der Waals surface area contributed by atoms with E-state index >= 15 is 0 Å². The first kappa shape index (κ1) is 12.7. The molecule has 1 rings (SSSR count). The van der Waals surface area contributed by atoms with Crippen molar-refractivity contribution in [1.82, 2.24) is 0 Å². The zero-order valence-corrected chi connectivity index (χ0v) is 9.97. The second-order valence-electron chi connectivity index (χ2n) is 3.21. The Balaban J connectivity index is 3.30. The lowest BCUT2D eigenvalue weighted by atomic mass is 10.3. The lowest BCUT2D eigenvalue weighted by molar-refractivity contribution is 0.597. The van der Waals surface area contributed by atoms with Gasteiger partial charge in [-0.1, -0.05) is 0 Å². The van der Waals surface area contributed by atoms with E-state index in [2.05, 4.69) is 4.72 Å². The fraction of sp³-hybridized carbons (Fsp3) is 0.143. The molecule has 0 atom stereocenters. The third kappa shape index (κ3) is 3.68. The zero-order chi connectivity index (χ0) is 12.6. The molecule has 16 heavy (non-hydrogen) atoms. The van der Waals surface area contributed by atoms with Crippen molar-refractivity contribution in [3.63, 3.8) is 0 Å². The summed E-state index contributed by atoms with van der Waals surface area (Å²) in [6.45, 7) is 0. The minimum Gasteiger partial charge on any atom is -0.399 e. The Morgan fingerprint density at radius 2 is 1.69 bits per heavy atom. The second-order valence-corrected chi connectivity index (χ2v) is 6.52. The van der Waals surface area contributed by atoms with Gasteiger partial charge in [-0.3, -0.25) is 4.72 Å². The topological polar surface area (TPSA) is 132 Å². The number of nitrogen functional groups attached to an aromatic ring is 1. The fourth-order valence-corrected chi connectivity index (χ4v) is 2.20. The molecule has 0 saturated heterocycles. The summed E-state index contributed by atoms with van der Waals surface area (Å²) in [7, 11) is -7.42. The van der Waals surface area contributed by atoms with Gasteiger partial charge >= 0.3 is 0 Å². The van der Waals surface area contributed by atoms with E-state index < -0.39 is 20.0 Å². The van der Waals surface area contributed by atoms with Crippen LogP contribution in [0.5, 0.6) is 0 Å². The highest BCUT2D eigenvalue weighted by Crippen LogP contribution is 2.20. The fourth-order valence-electron chi connectivity index (χ4n) is 1.06. The van der Waals surface area contributed by atoms with Crippen LogP contribution in [0.4, 0.5) is 11.4 Å². The van der Waals surface area contributed by atoms with Gasteiger partial charge in [-0.05, 0) is 18.2 Å². The Morgan fingerprint density at radius 3 is 2.12 bits per heavy atom. The molecule has 0 amide bonds. The second kappa shape index (κ2) is 3.92. The van der Waals surface area contributed by atoms with E-state index in [9.17, 15) is 16.8 Å². The molecule has 7 nitrogen and oxygen atoms in total. The van der Waals surface area contributed by atoms with Crippen LogP contribution in [0.2, 0.25) is 0 Å². The molecule has 0 aliphatic rings. The number of anilines is 2. The van der Waals surface area contributed by atoms with Gasteiger partial charge in [0, 0.05) is 5.69 Å². The van der Waals surface area contributed by atoms with Crippen LogP contribution in [-0.2, 0) is 20.0 Å². The summed E-state index contributed by atoms with van der Waals surface area (Å²) in [4.78, 5) is -0.251. The van der Waals surface area contributed by atoms with E-state index in [1.54, 1.807) is 0 Å². The SMILES string of the molecule is CS(=O)(=O)Nc1cc(N)cc(S(N)(=O)=O)c1. The van der Waals surface area contributed by atoms with Gasteiger partial charge in [-0.15, -0.1) is 0 Å². The van der Waals surface area contributed by atoms with Crippen molar-refractivity contribution < 1.29 is 16.8 Å². The quantitative estimate of drug-likeness (QED) is 0.621. The smallest absolute Gasteiger partial charge is 0.238 e. The number of hydrogen-bond donors (Lipinski definition) is 3. The highest BCUT2D eigenvalue weighted by molar-refractivity contribution is 7.92. The molecule has 0 unspecified atom stereocenters. The van der Waals surface area contributed by atoms with E-state index in [0.29, 0.717) is 0 Å². The van der Waals surface area contributed by atoms with Crippen LogP contribution in [-0.4, -0.2) is 23.1 Å². The van der Waals surface area contributed by atoms with Crippen molar-refractivity contribution in [1.29, 1.82) is 0 Å². The highest BCUT2D eigenvalue weighted by atomic mass is 32.2. The highest BCUT2D eigenvalue weighted by Gasteiger charge is 2.11. The number of nitrogens with one attached hydrogen (secondary N) is 1. The molecule has 0 spiro atoms.